The third kappa shape index (κ3) is 3.53. The summed E-state index contributed by atoms with van der Waals surface area (Å²) < 4.78 is 14.3. The summed E-state index contributed by atoms with van der Waals surface area (Å²) in [6, 6.07) is 11.6. The molecule has 6 heteroatoms. The molecule has 3 aromatic rings. The number of thiophene rings is 1. The maximum absolute atomic E-state index is 13.4. The first-order chi connectivity index (χ1) is 12.0. The molecule has 0 fully saturated rings. The number of amides is 2. The fourth-order valence-corrected chi connectivity index (χ4v) is 3.70. The van der Waals surface area contributed by atoms with E-state index in [2.05, 4.69) is 10.6 Å². The summed E-state index contributed by atoms with van der Waals surface area (Å²) in [6.45, 7) is 2.18. The summed E-state index contributed by atoms with van der Waals surface area (Å²) in [7, 11) is 1.58. The van der Waals surface area contributed by atoms with Crippen LogP contribution in [0.15, 0.2) is 42.5 Å². The van der Waals surface area contributed by atoms with Crippen LogP contribution in [0.1, 0.15) is 31.2 Å². The lowest BCUT2D eigenvalue weighted by Crippen LogP contribution is -2.22. The molecule has 0 saturated carbocycles. The SMILES string of the molecule is CNC(=O)c1ccc(CNC(=O)c2sc3ccc(F)cc3c2C)cc1. The van der Waals surface area contributed by atoms with Crippen molar-refractivity contribution in [3.8, 4) is 0 Å². The van der Waals surface area contributed by atoms with Gasteiger partial charge in [-0.25, -0.2) is 4.39 Å². The van der Waals surface area contributed by atoms with Crippen molar-refractivity contribution >= 4 is 33.2 Å². The molecule has 0 bridgehead atoms. The second-order valence-electron chi connectivity index (χ2n) is 5.66. The lowest BCUT2D eigenvalue weighted by molar-refractivity contribution is 0.0948. The van der Waals surface area contributed by atoms with Crippen LogP contribution < -0.4 is 10.6 Å². The minimum atomic E-state index is -0.309. The van der Waals surface area contributed by atoms with Gasteiger partial charge in [0, 0.05) is 23.9 Å². The van der Waals surface area contributed by atoms with E-state index in [1.54, 1.807) is 37.4 Å². The molecule has 3 rings (SSSR count). The second kappa shape index (κ2) is 7.03. The highest BCUT2D eigenvalue weighted by atomic mass is 32.1. The average molecular weight is 356 g/mol. The van der Waals surface area contributed by atoms with Crippen molar-refractivity contribution in [2.75, 3.05) is 7.05 Å². The Balaban J connectivity index is 1.72. The number of rotatable bonds is 4. The normalized spacial score (nSPS) is 10.7. The second-order valence-corrected chi connectivity index (χ2v) is 6.71. The number of carbonyl (C=O) groups excluding carboxylic acids is 2. The zero-order valence-electron chi connectivity index (χ0n) is 13.9. The quantitative estimate of drug-likeness (QED) is 0.750. The fourth-order valence-electron chi connectivity index (χ4n) is 2.59. The molecule has 0 aliphatic carbocycles. The number of benzene rings is 2. The van der Waals surface area contributed by atoms with Gasteiger partial charge in [0.05, 0.1) is 4.88 Å². The van der Waals surface area contributed by atoms with Crippen LogP contribution in [0.25, 0.3) is 10.1 Å². The molecule has 0 atom stereocenters. The van der Waals surface area contributed by atoms with E-state index in [9.17, 15) is 14.0 Å². The average Bonchev–Trinajstić information content (AvgIpc) is 2.96. The maximum atomic E-state index is 13.4. The van der Waals surface area contributed by atoms with Crippen LogP contribution in [0.2, 0.25) is 0 Å². The third-order valence-electron chi connectivity index (χ3n) is 4.00. The minimum Gasteiger partial charge on any atom is -0.355 e. The van der Waals surface area contributed by atoms with Gasteiger partial charge in [-0.05, 0) is 53.8 Å². The molecule has 0 saturated heterocycles. The zero-order valence-corrected chi connectivity index (χ0v) is 14.7. The van der Waals surface area contributed by atoms with Gasteiger partial charge in [0.1, 0.15) is 5.82 Å². The molecule has 0 aliphatic rings. The molecule has 0 spiro atoms. The Morgan fingerprint density at radius 1 is 1.08 bits per heavy atom. The van der Waals surface area contributed by atoms with Crippen molar-refractivity contribution in [2.45, 2.75) is 13.5 Å². The van der Waals surface area contributed by atoms with E-state index >= 15 is 0 Å². The smallest absolute Gasteiger partial charge is 0.261 e. The lowest BCUT2D eigenvalue weighted by Gasteiger charge is -2.06. The van der Waals surface area contributed by atoms with E-state index in [0.29, 0.717) is 17.0 Å². The van der Waals surface area contributed by atoms with Crippen LogP contribution in [-0.2, 0) is 6.54 Å². The largest absolute Gasteiger partial charge is 0.355 e. The predicted molar refractivity (Wildman–Crippen MR) is 97.5 cm³/mol. The van der Waals surface area contributed by atoms with Crippen LogP contribution in [0, 0.1) is 12.7 Å². The number of halogens is 1. The Kier molecular flexibility index (Phi) is 4.81. The van der Waals surface area contributed by atoms with Crippen molar-refractivity contribution in [1.82, 2.24) is 10.6 Å². The first-order valence-electron chi connectivity index (χ1n) is 7.77. The molecule has 0 radical (unpaired) electrons. The van der Waals surface area contributed by atoms with Gasteiger partial charge in [-0.1, -0.05) is 12.1 Å². The monoisotopic (exact) mass is 356 g/mol. The van der Waals surface area contributed by atoms with E-state index in [-0.39, 0.29) is 17.6 Å². The highest BCUT2D eigenvalue weighted by molar-refractivity contribution is 7.21. The van der Waals surface area contributed by atoms with Crippen LogP contribution in [0.4, 0.5) is 4.39 Å². The van der Waals surface area contributed by atoms with E-state index < -0.39 is 0 Å². The Morgan fingerprint density at radius 2 is 1.80 bits per heavy atom. The summed E-state index contributed by atoms with van der Waals surface area (Å²) in [4.78, 5) is 24.6. The minimum absolute atomic E-state index is 0.149. The van der Waals surface area contributed by atoms with E-state index in [0.717, 1.165) is 21.2 Å². The van der Waals surface area contributed by atoms with E-state index in [1.807, 2.05) is 6.92 Å². The van der Waals surface area contributed by atoms with Crippen molar-refractivity contribution in [3.63, 3.8) is 0 Å². The van der Waals surface area contributed by atoms with Gasteiger partial charge in [-0.15, -0.1) is 11.3 Å². The molecular weight excluding hydrogens is 339 g/mol. The summed E-state index contributed by atoms with van der Waals surface area (Å²) in [5, 5.41) is 6.20. The van der Waals surface area contributed by atoms with E-state index in [1.165, 1.54) is 23.5 Å². The van der Waals surface area contributed by atoms with Crippen molar-refractivity contribution in [2.24, 2.45) is 0 Å². The summed E-state index contributed by atoms with van der Waals surface area (Å²) in [5.41, 5.74) is 2.25. The summed E-state index contributed by atoms with van der Waals surface area (Å²) in [5.74, 6) is -0.644. The topological polar surface area (TPSA) is 58.2 Å². The molecule has 25 heavy (non-hydrogen) atoms. The van der Waals surface area contributed by atoms with Crippen LogP contribution >= 0.6 is 11.3 Å². The highest BCUT2D eigenvalue weighted by Crippen LogP contribution is 2.31. The van der Waals surface area contributed by atoms with Gasteiger partial charge in [-0.3, -0.25) is 9.59 Å². The Morgan fingerprint density at radius 3 is 2.48 bits per heavy atom. The number of hydrogen-bond donors (Lipinski definition) is 2. The van der Waals surface area contributed by atoms with Crippen molar-refractivity contribution < 1.29 is 14.0 Å². The molecule has 2 amide bonds. The fraction of sp³-hybridized carbons (Fsp3) is 0.158. The van der Waals surface area contributed by atoms with Crippen LogP contribution in [0.3, 0.4) is 0 Å². The van der Waals surface area contributed by atoms with Gasteiger partial charge in [0.15, 0.2) is 0 Å². The maximum Gasteiger partial charge on any atom is 0.261 e. The number of hydrogen-bond acceptors (Lipinski definition) is 3. The summed E-state index contributed by atoms with van der Waals surface area (Å²) >= 11 is 1.35. The molecule has 0 aliphatic heterocycles. The molecular formula is C19H17FN2O2S. The molecule has 2 N–H and O–H groups in total. The van der Waals surface area contributed by atoms with Gasteiger partial charge >= 0.3 is 0 Å². The Hall–Kier alpha value is -2.73. The predicted octanol–water partition coefficient (Wildman–Crippen LogP) is 3.64. The number of aryl methyl sites for hydroxylation is 1. The molecule has 2 aromatic carbocycles. The molecule has 0 unspecified atom stereocenters. The standard InChI is InChI=1S/C19H17FN2O2S/c1-11-15-9-14(20)7-8-16(15)25-17(11)19(24)22-10-12-3-5-13(6-4-12)18(23)21-2/h3-9H,10H2,1-2H3,(H,21,23)(H,22,24). The van der Waals surface area contributed by atoms with Gasteiger partial charge in [-0.2, -0.15) is 0 Å². The Bertz CT molecular complexity index is 948. The first-order valence-corrected chi connectivity index (χ1v) is 8.59. The molecule has 1 heterocycles. The zero-order chi connectivity index (χ0) is 18.0. The van der Waals surface area contributed by atoms with Gasteiger partial charge in [0.25, 0.3) is 11.8 Å². The van der Waals surface area contributed by atoms with Gasteiger partial charge < -0.3 is 10.6 Å². The van der Waals surface area contributed by atoms with Crippen molar-refractivity contribution in [1.29, 1.82) is 0 Å². The number of nitrogens with one attached hydrogen (secondary N) is 2. The number of fused-ring (bicyclic) bond motifs is 1. The van der Waals surface area contributed by atoms with Gasteiger partial charge in [0.2, 0.25) is 0 Å². The van der Waals surface area contributed by atoms with Crippen LogP contribution in [-0.4, -0.2) is 18.9 Å². The summed E-state index contributed by atoms with van der Waals surface area (Å²) in [6.07, 6.45) is 0. The molecule has 1 aromatic heterocycles. The van der Waals surface area contributed by atoms with Crippen molar-refractivity contribution in [3.05, 3.63) is 69.8 Å². The third-order valence-corrected chi connectivity index (χ3v) is 5.27. The Labute approximate surface area is 148 Å². The molecule has 4 nitrogen and oxygen atoms in total. The number of carbonyl (C=O) groups is 2. The lowest BCUT2D eigenvalue weighted by atomic mass is 10.1. The highest BCUT2D eigenvalue weighted by Gasteiger charge is 2.15. The molecule has 128 valence electrons. The van der Waals surface area contributed by atoms with Crippen LogP contribution in [0.5, 0.6) is 0 Å². The first kappa shape index (κ1) is 17.1. The van der Waals surface area contributed by atoms with E-state index in [4.69, 9.17) is 0 Å².